The lowest BCUT2D eigenvalue weighted by Crippen LogP contribution is -2.62. The van der Waals surface area contributed by atoms with Gasteiger partial charge in [-0.05, 0) is 84.6 Å². The van der Waals surface area contributed by atoms with Crippen LogP contribution in [0.2, 0.25) is 0 Å². The molecule has 21 nitrogen and oxygen atoms in total. The van der Waals surface area contributed by atoms with Crippen LogP contribution >= 0.6 is 34.8 Å². The van der Waals surface area contributed by atoms with E-state index < -0.39 is 126 Å². The second-order valence-electron chi connectivity index (χ2n) is 25.8. The van der Waals surface area contributed by atoms with Crippen LogP contribution in [0.5, 0.6) is 0 Å². The minimum absolute atomic E-state index is 0.154. The molecule has 1 N–H and O–H groups in total. The monoisotopic (exact) mass is 1270 g/mol. The number of hydrogen-bond acceptors (Lipinski definition) is 21. The quantitative estimate of drug-likeness (QED) is 0.0791. The number of benzene rings is 1. The Labute approximate surface area is 516 Å². The van der Waals surface area contributed by atoms with Crippen LogP contribution < -0.4 is 0 Å². The highest BCUT2D eigenvalue weighted by atomic mass is 35.6. The van der Waals surface area contributed by atoms with E-state index in [0.29, 0.717) is 43.5 Å². The fourth-order valence-corrected chi connectivity index (χ4v) is 12.9. The number of rotatable bonds is 14. The summed E-state index contributed by atoms with van der Waals surface area (Å²) in [6.07, 6.45) is -12.9. The first-order valence-corrected chi connectivity index (χ1v) is 31.4. The van der Waals surface area contributed by atoms with Crippen molar-refractivity contribution in [3.63, 3.8) is 0 Å². The van der Waals surface area contributed by atoms with Crippen molar-refractivity contribution in [1.29, 1.82) is 5.41 Å². The van der Waals surface area contributed by atoms with Gasteiger partial charge in [-0.2, -0.15) is 0 Å². The molecule has 8 heterocycles. The molecule has 9 rings (SSSR count). The van der Waals surface area contributed by atoms with Crippen LogP contribution in [-0.2, 0) is 101 Å². The number of ether oxygens (including phenoxy) is 18. The summed E-state index contributed by atoms with van der Waals surface area (Å²) in [4.78, 5) is 24.6. The van der Waals surface area contributed by atoms with Gasteiger partial charge in [0.1, 0.15) is 30.5 Å². The zero-order valence-electron chi connectivity index (χ0n) is 52.5. The molecule has 28 atom stereocenters. The Hall–Kier alpha value is -2.10. The second kappa shape index (κ2) is 28.2. The fourth-order valence-electron chi connectivity index (χ4n) is 12.8. The number of nitrogens with one attached hydrogen (secondary N) is 1. The molecular formula is C61H94Cl3NO20. The zero-order chi connectivity index (χ0) is 62.4. The molecule has 85 heavy (non-hydrogen) atoms. The van der Waals surface area contributed by atoms with Crippen molar-refractivity contribution in [3.05, 3.63) is 35.9 Å². The van der Waals surface area contributed by atoms with Gasteiger partial charge in [-0.25, -0.2) is 0 Å². The van der Waals surface area contributed by atoms with E-state index >= 15 is 0 Å². The van der Waals surface area contributed by atoms with E-state index in [2.05, 4.69) is 41.5 Å². The molecular weight excluding hydrogens is 1170 g/mol. The van der Waals surface area contributed by atoms with Gasteiger partial charge >= 0.3 is 11.9 Å². The van der Waals surface area contributed by atoms with E-state index in [4.69, 9.17) is 125 Å². The van der Waals surface area contributed by atoms with Gasteiger partial charge in [0.25, 0.3) is 3.79 Å². The van der Waals surface area contributed by atoms with Crippen LogP contribution in [0.25, 0.3) is 0 Å². The summed E-state index contributed by atoms with van der Waals surface area (Å²) in [6, 6.07) is 9.87. The fraction of sp³-hybridized carbons (Fsp3) is 0.852. The number of esters is 2. The van der Waals surface area contributed by atoms with E-state index in [-0.39, 0.29) is 54.4 Å². The van der Waals surface area contributed by atoms with Crippen molar-refractivity contribution in [2.75, 3.05) is 13.2 Å². The Morgan fingerprint density at radius 2 is 0.859 bits per heavy atom. The predicted octanol–water partition coefficient (Wildman–Crippen LogP) is 9.78. The lowest BCUT2D eigenvalue weighted by molar-refractivity contribution is -0.362. The second-order valence-corrected chi connectivity index (χ2v) is 28.1. The molecule has 0 aromatic heterocycles. The Morgan fingerprint density at radius 3 is 1.27 bits per heavy atom. The first-order chi connectivity index (χ1) is 39.7. The lowest BCUT2D eigenvalue weighted by atomic mass is 9.82. The van der Waals surface area contributed by atoms with Crippen molar-refractivity contribution in [2.45, 2.75) is 270 Å². The number of hydrogen-bond donors (Lipinski definition) is 1. The first kappa shape index (κ1) is 68.8. The third kappa shape index (κ3) is 16.3. The van der Waals surface area contributed by atoms with Gasteiger partial charge in [-0.1, -0.05) is 121 Å². The van der Waals surface area contributed by atoms with E-state index in [1.807, 2.05) is 78.8 Å². The van der Waals surface area contributed by atoms with Gasteiger partial charge in [0.05, 0.1) is 56.4 Å². The Kier molecular flexibility index (Phi) is 22.8. The summed E-state index contributed by atoms with van der Waals surface area (Å²) >= 11 is 17.7. The van der Waals surface area contributed by atoms with Crippen molar-refractivity contribution in [2.24, 2.45) is 47.3 Å². The standard InChI is InChI=1S/C33H50O10.C28H44Cl3NO10/c1-17-15-35-30(19(3)18(17)2)40-25-20(4)26(39-23(7)34)32(38-21(25)5)41-29-28-27(42-33(8,9)43-28)22(6)37-31(29)36-16-24-13-11-10-12-14-24;1-11-10-34-23(13(3)12(11)2)38-18-14(4)19(37-17(7)33)24(35-15(18)5)39-22-21-20(41-27(8,9)42-21)16(6)36-25(22)40-26(32)28(29,30)31/h10-14,17-22,25-32H,15-16H2,1-9H3;11-16,18-25,32H,10H2,1-9H3/t17-,18+,19?,20+,21?,22?,25-,26?,27+,28+,29?,30+,31+,32+;11-,12+,13?,14+,15?,16?,18-,19?,20+,21+,22?,23+,24+,25?/m11/s1. The molecule has 8 fully saturated rings. The normalized spacial score (nSPS) is 45.0. The molecule has 0 aliphatic carbocycles. The molecule has 0 bridgehead atoms. The summed E-state index contributed by atoms with van der Waals surface area (Å²) in [6.45, 7) is 36.1. The average Bonchev–Trinajstić information content (AvgIpc) is 1.93. The minimum Gasteiger partial charge on any atom is -0.457 e. The SMILES string of the molecule is CC(=O)OC1[C@H](OC2C(OC(=N)C(Cl)(Cl)Cl)OC(C)[C@@H]3OC(C)(C)O[C@H]23)OC(C)[C@H](O[C@@H]2OC[C@@H](C)[C@H](C)C2C)[C@@H]1C.CC(=O)OC1[C@H](OC2[C@@H](OCc3ccccc3)OC(C)[C@@H]3OC(C)(C)O[C@H]23)OC(C)[C@H](O[C@@H]2OC[C@@H](C)[C@H](C)C2C)[C@@H]1C. The third-order valence-corrected chi connectivity index (χ3v) is 18.8. The predicted molar refractivity (Wildman–Crippen MR) is 309 cm³/mol. The molecule has 484 valence electrons. The molecule has 11 unspecified atom stereocenters. The number of fused-ring (bicyclic) bond motifs is 2. The number of halogens is 3. The smallest absolute Gasteiger partial charge is 0.303 e. The van der Waals surface area contributed by atoms with Gasteiger partial charge in [0.15, 0.2) is 61.3 Å². The Morgan fingerprint density at radius 1 is 0.482 bits per heavy atom. The molecule has 8 saturated heterocycles. The van der Waals surface area contributed by atoms with E-state index in [1.165, 1.54) is 13.8 Å². The summed E-state index contributed by atoms with van der Waals surface area (Å²) in [5, 5.41) is 8.15. The summed E-state index contributed by atoms with van der Waals surface area (Å²) in [5.74, 6) is -1.94. The van der Waals surface area contributed by atoms with Crippen LogP contribution in [-0.4, -0.2) is 170 Å². The van der Waals surface area contributed by atoms with Crippen LogP contribution in [0, 0.1) is 52.8 Å². The maximum Gasteiger partial charge on any atom is 0.303 e. The topological polar surface area (TPSA) is 224 Å². The van der Waals surface area contributed by atoms with Crippen molar-refractivity contribution in [3.8, 4) is 0 Å². The number of carbonyl (C=O) groups excluding carboxylic acids is 2. The minimum atomic E-state index is -2.14. The van der Waals surface area contributed by atoms with Crippen LogP contribution in [0.1, 0.15) is 130 Å². The van der Waals surface area contributed by atoms with Crippen molar-refractivity contribution >= 4 is 52.6 Å². The molecule has 8 aliphatic rings. The lowest BCUT2D eigenvalue weighted by Gasteiger charge is -2.48. The maximum absolute atomic E-state index is 12.3. The third-order valence-electron chi connectivity index (χ3n) is 18.2. The van der Waals surface area contributed by atoms with Gasteiger partial charge in [-0.3, -0.25) is 15.0 Å². The highest BCUT2D eigenvalue weighted by Gasteiger charge is 2.60. The van der Waals surface area contributed by atoms with Crippen LogP contribution in [0.15, 0.2) is 30.3 Å². The van der Waals surface area contributed by atoms with Crippen molar-refractivity contribution in [1.82, 2.24) is 0 Å². The van der Waals surface area contributed by atoms with E-state index in [9.17, 15) is 9.59 Å². The van der Waals surface area contributed by atoms with Crippen molar-refractivity contribution < 1.29 is 94.9 Å². The largest absolute Gasteiger partial charge is 0.457 e. The van der Waals surface area contributed by atoms with E-state index in [1.54, 1.807) is 20.8 Å². The zero-order valence-corrected chi connectivity index (χ0v) is 54.7. The van der Waals surface area contributed by atoms with Crippen LogP contribution in [0.3, 0.4) is 0 Å². The first-order valence-electron chi connectivity index (χ1n) is 30.2. The molecule has 8 aliphatic heterocycles. The van der Waals surface area contributed by atoms with Gasteiger partial charge < -0.3 is 85.3 Å². The molecule has 24 heteroatoms. The molecule has 0 saturated carbocycles. The molecule has 1 aromatic rings. The Bertz CT molecular complexity index is 2370. The summed E-state index contributed by atoms with van der Waals surface area (Å²) < 4.78 is 110. The molecule has 0 radical (unpaired) electrons. The van der Waals surface area contributed by atoms with Gasteiger partial charge in [0, 0.05) is 37.5 Å². The van der Waals surface area contributed by atoms with E-state index in [0.717, 1.165) is 5.56 Å². The van der Waals surface area contributed by atoms with Gasteiger partial charge in [0.2, 0.25) is 12.2 Å². The highest BCUT2D eigenvalue weighted by molar-refractivity contribution is 6.76. The molecule has 1 aromatic carbocycles. The Balaban J connectivity index is 0.000000221. The average molecular weight is 1270 g/mol. The molecule has 0 spiro atoms. The summed E-state index contributed by atoms with van der Waals surface area (Å²) in [5.41, 5.74) is 1.00. The maximum atomic E-state index is 12.3. The molecule has 0 amide bonds. The number of alkyl halides is 3. The van der Waals surface area contributed by atoms with Crippen LogP contribution in [0.4, 0.5) is 0 Å². The number of carbonyl (C=O) groups is 2. The summed E-state index contributed by atoms with van der Waals surface area (Å²) in [7, 11) is 0. The van der Waals surface area contributed by atoms with Gasteiger partial charge in [-0.15, -0.1) is 0 Å². The highest BCUT2D eigenvalue weighted by Crippen LogP contribution is 2.45.